The number of hydrogen-bond donors (Lipinski definition) is 2. The summed E-state index contributed by atoms with van der Waals surface area (Å²) in [4.78, 5) is 29.5. The van der Waals surface area contributed by atoms with Crippen LogP contribution in [0.3, 0.4) is 0 Å². The lowest BCUT2D eigenvalue weighted by Gasteiger charge is -2.08. The molecule has 2 aromatic rings. The number of anilines is 1. The minimum Gasteiger partial charge on any atom is -0.357 e. The summed E-state index contributed by atoms with van der Waals surface area (Å²) in [5.41, 5.74) is 2.81. The van der Waals surface area contributed by atoms with Gasteiger partial charge >= 0.3 is 0 Å². The normalized spacial score (nSPS) is 10.7. The Balaban J connectivity index is 2.40. The number of hydrogen-bond acceptors (Lipinski definition) is 4. The van der Waals surface area contributed by atoms with Crippen LogP contribution in [-0.2, 0) is 4.79 Å². The Hall–Kier alpha value is -2.69. The first kappa shape index (κ1) is 13.7. The van der Waals surface area contributed by atoms with Crippen molar-refractivity contribution in [3.05, 3.63) is 58.9 Å². The molecule has 0 unspecified atom stereocenters. The van der Waals surface area contributed by atoms with Crippen molar-refractivity contribution in [1.82, 2.24) is 9.97 Å². The third-order valence-electron chi connectivity index (χ3n) is 2.79. The van der Waals surface area contributed by atoms with Gasteiger partial charge in [0.1, 0.15) is 5.69 Å². The molecule has 0 bridgehead atoms. The molecule has 20 heavy (non-hydrogen) atoms. The van der Waals surface area contributed by atoms with Crippen molar-refractivity contribution in [3.63, 3.8) is 0 Å². The van der Waals surface area contributed by atoms with Crippen LogP contribution < -0.4 is 10.9 Å². The number of carbonyl (C=O) groups is 1. The number of aromatic amines is 1. The highest BCUT2D eigenvalue weighted by atomic mass is 16.1. The Morgan fingerprint density at radius 1 is 1.35 bits per heavy atom. The zero-order valence-corrected chi connectivity index (χ0v) is 11.3. The Labute approximate surface area is 116 Å². The number of carbonyl (C=O) groups excluding carboxylic acids is 1. The van der Waals surface area contributed by atoms with Crippen LogP contribution in [0.4, 0.5) is 5.69 Å². The summed E-state index contributed by atoms with van der Waals surface area (Å²) in [6, 6.07) is 5.50. The maximum Gasteiger partial charge on any atom is 0.271 e. The third kappa shape index (κ3) is 3.20. The van der Waals surface area contributed by atoms with E-state index >= 15 is 0 Å². The summed E-state index contributed by atoms with van der Waals surface area (Å²) in [5.74, 6) is -0.0876. The summed E-state index contributed by atoms with van der Waals surface area (Å²) >= 11 is 0. The quantitative estimate of drug-likeness (QED) is 0.835. The Kier molecular flexibility index (Phi) is 4.10. The predicted molar refractivity (Wildman–Crippen MR) is 78.5 cm³/mol. The zero-order valence-electron chi connectivity index (χ0n) is 11.3. The van der Waals surface area contributed by atoms with Gasteiger partial charge in [-0.3, -0.25) is 14.6 Å². The van der Waals surface area contributed by atoms with E-state index in [9.17, 15) is 9.59 Å². The van der Waals surface area contributed by atoms with E-state index in [0.717, 1.165) is 16.8 Å². The van der Waals surface area contributed by atoms with Gasteiger partial charge in [-0.2, -0.15) is 0 Å². The molecule has 2 rings (SSSR count). The number of allylic oxidation sites excluding steroid dienone is 1. The monoisotopic (exact) mass is 269 g/mol. The number of H-pyrrole nitrogens is 1. The van der Waals surface area contributed by atoms with Crippen molar-refractivity contribution >= 4 is 11.5 Å². The lowest BCUT2D eigenvalue weighted by molar-refractivity contribution is -0.112. The highest BCUT2D eigenvalue weighted by molar-refractivity contribution is 5.87. The van der Waals surface area contributed by atoms with Crippen LogP contribution in [0.5, 0.6) is 0 Å². The average Bonchev–Trinajstić information content (AvgIpc) is 2.42. The van der Waals surface area contributed by atoms with Gasteiger partial charge in [-0.25, -0.2) is 0 Å². The Morgan fingerprint density at radius 2 is 2.05 bits per heavy atom. The standard InChI is InChI=1S/C15H15N3O2/c1-10(19)3-8-17-14-9-13(11(2)18-15(14)20)12-4-6-16-7-5-12/h3-9,17H,1-2H3,(H,18,20). The molecule has 2 aromatic heterocycles. The number of nitrogens with zero attached hydrogens (tertiary/aromatic N) is 1. The second-order valence-electron chi connectivity index (χ2n) is 4.38. The molecule has 0 radical (unpaired) electrons. The van der Waals surface area contributed by atoms with Gasteiger partial charge in [-0.15, -0.1) is 0 Å². The third-order valence-corrected chi connectivity index (χ3v) is 2.79. The number of rotatable bonds is 4. The van der Waals surface area contributed by atoms with Gasteiger partial charge in [0.15, 0.2) is 5.78 Å². The maximum absolute atomic E-state index is 11.9. The number of nitrogens with one attached hydrogen (secondary N) is 2. The first-order chi connectivity index (χ1) is 9.58. The van der Waals surface area contributed by atoms with E-state index in [1.165, 1.54) is 19.2 Å². The van der Waals surface area contributed by atoms with Crippen LogP contribution in [0.25, 0.3) is 11.1 Å². The van der Waals surface area contributed by atoms with E-state index in [0.29, 0.717) is 5.69 Å². The first-order valence-corrected chi connectivity index (χ1v) is 6.16. The zero-order chi connectivity index (χ0) is 14.5. The van der Waals surface area contributed by atoms with Crippen molar-refractivity contribution in [2.45, 2.75) is 13.8 Å². The molecule has 0 amide bonds. The molecular formula is C15H15N3O2. The van der Waals surface area contributed by atoms with Crippen LogP contribution in [0, 0.1) is 6.92 Å². The summed E-state index contributed by atoms with van der Waals surface area (Å²) in [7, 11) is 0. The first-order valence-electron chi connectivity index (χ1n) is 6.16. The second kappa shape index (κ2) is 5.97. The van der Waals surface area contributed by atoms with E-state index in [4.69, 9.17) is 0 Å². The highest BCUT2D eigenvalue weighted by Gasteiger charge is 2.06. The fourth-order valence-electron chi connectivity index (χ4n) is 1.81. The fraction of sp³-hybridized carbons (Fsp3) is 0.133. The van der Waals surface area contributed by atoms with Gasteiger partial charge in [-0.05, 0) is 43.7 Å². The molecule has 5 heteroatoms. The van der Waals surface area contributed by atoms with Crippen LogP contribution in [0.2, 0.25) is 0 Å². The van der Waals surface area contributed by atoms with Crippen LogP contribution in [0.15, 0.2) is 47.7 Å². The van der Waals surface area contributed by atoms with Gasteiger partial charge in [0.25, 0.3) is 5.56 Å². The molecule has 2 N–H and O–H groups in total. The van der Waals surface area contributed by atoms with Crippen molar-refractivity contribution < 1.29 is 4.79 Å². The molecule has 0 saturated heterocycles. The molecule has 0 atom stereocenters. The highest BCUT2D eigenvalue weighted by Crippen LogP contribution is 2.22. The molecule has 0 aliphatic carbocycles. The molecule has 0 aliphatic heterocycles. The Bertz CT molecular complexity index is 703. The molecule has 0 aliphatic rings. The summed E-state index contributed by atoms with van der Waals surface area (Å²) < 4.78 is 0. The predicted octanol–water partition coefficient (Wildman–Crippen LogP) is 2.26. The van der Waals surface area contributed by atoms with Gasteiger partial charge in [0, 0.05) is 29.9 Å². The van der Waals surface area contributed by atoms with E-state index < -0.39 is 0 Å². The molecule has 0 aromatic carbocycles. The maximum atomic E-state index is 11.9. The van der Waals surface area contributed by atoms with Gasteiger partial charge in [-0.1, -0.05) is 0 Å². The van der Waals surface area contributed by atoms with Crippen molar-refractivity contribution in [2.75, 3.05) is 5.32 Å². The summed E-state index contributed by atoms with van der Waals surface area (Å²) in [5, 5.41) is 2.82. The molecule has 0 saturated carbocycles. The van der Waals surface area contributed by atoms with E-state index in [-0.39, 0.29) is 11.3 Å². The number of pyridine rings is 2. The lowest BCUT2D eigenvalue weighted by Crippen LogP contribution is -2.13. The summed E-state index contributed by atoms with van der Waals surface area (Å²) in [6.07, 6.45) is 6.22. The average molecular weight is 269 g/mol. The number of ketones is 1. The van der Waals surface area contributed by atoms with Gasteiger partial charge in [0.2, 0.25) is 0 Å². The van der Waals surface area contributed by atoms with Crippen molar-refractivity contribution in [1.29, 1.82) is 0 Å². The second-order valence-corrected chi connectivity index (χ2v) is 4.38. The smallest absolute Gasteiger partial charge is 0.271 e. The largest absolute Gasteiger partial charge is 0.357 e. The van der Waals surface area contributed by atoms with E-state index in [1.807, 2.05) is 19.1 Å². The molecular weight excluding hydrogens is 254 g/mol. The Morgan fingerprint density at radius 3 is 2.70 bits per heavy atom. The van der Waals surface area contributed by atoms with Crippen LogP contribution in [-0.4, -0.2) is 15.8 Å². The number of aromatic nitrogens is 2. The molecule has 102 valence electrons. The van der Waals surface area contributed by atoms with Crippen molar-refractivity contribution in [3.8, 4) is 11.1 Å². The molecule has 0 spiro atoms. The fourth-order valence-corrected chi connectivity index (χ4v) is 1.81. The SMILES string of the molecule is CC(=O)C=CNc1cc(-c2ccncc2)c(C)[nH]c1=O. The lowest BCUT2D eigenvalue weighted by atomic mass is 10.1. The minimum absolute atomic E-state index is 0.0876. The van der Waals surface area contributed by atoms with Gasteiger partial charge < -0.3 is 10.3 Å². The minimum atomic E-state index is -0.228. The van der Waals surface area contributed by atoms with E-state index in [1.54, 1.807) is 18.5 Å². The van der Waals surface area contributed by atoms with Crippen LogP contribution >= 0.6 is 0 Å². The molecule has 2 heterocycles. The van der Waals surface area contributed by atoms with Gasteiger partial charge in [0.05, 0.1) is 0 Å². The summed E-state index contributed by atoms with van der Waals surface area (Å²) in [6.45, 7) is 3.28. The van der Waals surface area contributed by atoms with Crippen LogP contribution in [0.1, 0.15) is 12.6 Å². The van der Waals surface area contributed by atoms with E-state index in [2.05, 4.69) is 15.3 Å². The molecule has 0 fully saturated rings. The van der Waals surface area contributed by atoms with Crippen molar-refractivity contribution in [2.24, 2.45) is 0 Å². The number of aryl methyl sites for hydroxylation is 1. The molecule has 5 nitrogen and oxygen atoms in total. The topological polar surface area (TPSA) is 74.8 Å².